The van der Waals surface area contributed by atoms with Crippen LogP contribution in [0.15, 0.2) is 12.5 Å². The summed E-state index contributed by atoms with van der Waals surface area (Å²) in [6.45, 7) is 8.92. The van der Waals surface area contributed by atoms with E-state index in [1.807, 2.05) is 12.5 Å². The van der Waals surface area contributed by atoms with Crippen molar-refractivity contribution in [2.75, 3.05) is 19.6 Å². The highest BCUT2D eigenvalue weighted by Gasteiger charge is 2.37. The molecule has 5 nitrogen and oxygen atoms in total. The Hall–Kier alpha value is -0.910. The number of hydrogen-bond donors (Lipinski definition) is 1. The lowest BCUT2D eigenvalue weighted by molar-refractivity contribution is -0.138. The van der Waals surface area contributed by atoms with Crippen molar-refractivity contribution in [3.05, 3.63) is 18.2 Å². The van der Waals surface area contributed by atoms with Gasteiger partial charge in [0.1, 0.15) is 0 Å². The van der Waals surface area contributed by atoms with Gasteiger partial charge in [-0.3, -0.25) is 4.90 Å². The van der Waals surface area contributed by atoms with E-state index in [9.17, 15) is 0 Å². The molecular formula is C15H26N4O. The number of rotatable bonds is 4. The summed E-state index contributed by atoms with van der Waals surface area (Å²) in [4.78, 5) is 6.81. The quantitative estimate of drug-likeness (QED) is 0.911. The van der Waals surface area contributed by atoms with Crippen molar-refractivity contribution in [2.24, 2.45) is 5.73 Å². The second-order valence-electron chi connectivity index (χ2n) is 6.83. The molecule has 112 valence electrons. The van der Waals surface area contributed by atoms with Gasteiger partial charge < -0.3 is 15.0 Å². The first kappa shape index (κ1) is 14.0. The Bertz CT molecular complexity index is 466. The van der Waals surface area contributed by atoms with Gasteiger partial charge in [-0.1, -0.05) is 0 Å². The van der Waals surface area contributed by atoms with Gasteiger partial charge in [-0.25, -0.2) is 4.98 Å². The molecule has 2 aliphatic rings. The van der Waals surface area contributed by atoms with Crippen molar-refractivity contribution in [3.63, 3.8) is 0 Å². The molecule has 0 radical (unpaired) electrons. The van der Waals surface area contributed by atoms with Crippen LogP contribution in [0.4, 0.5) is 0 Å². The Balaban J connectivity index is 1.83. The average molecular weight is 278 g/mol. The number of nitrogens with two attached hydrogens (primary N) is 1. The largest absolute Gasteiger partial charge is 0.370 e. The number of ether oxygens (including phenoxy) is 1. The fourth-order valence-electron chi connectivity index (χ4n) is 3.43. The van der Waals surface area contributed by atoms with E-state index < -0.39 is 0 Å². The lowest BCUT2D eigenvalue weighted by atomic mass is 10.0. The van der Waals surface area contributed by atoms with Gasteiger partial charge in [-0.05, 0) is 33.6 Å². The number of imidazole rings is 1. The molecule has 0 amide bonds. The van der Waals surface area contributed by atoms with Crippen molar-refractivity contribution >= 4 is 0 Å². The van der Waals surface area contributed by atoms with Crippen LogP contribution in [0.25, 0.3) is 0 Å². The Morgan fingerprint density at radius 1 is 1.50 bits per heavy atom. The lowest BCUT2D eigenvalue weighted by Crippen LogP contribution is -2.54. The Morgan fingerprint density at radius 2 is 2.25 bits per heavy atom. The van der Waals surface area contributed by atoms with E-state index >= 15 is 0 Å². The molecule has 1 aliphatic carbocycles. The van der Waals surface area contributed by atoms with Crippen LogP contribution < -0.4 is 5.73 Å². The number of nitrogens with zero attached hydrogens (tertiary/aromatic N) is 3. The van der Waals surface area contributed by atoms with Gasteiger partial charge in [0, 0.05) is 31.9 Å². The summed E-state index contributed by atoms with van der Waals surface area (Å²) in [6.07, 6.45) is 6.73. The molecule has 5 heteroatoms. The molecule has 0 aromatic carbocycles. The predicted molar refractivity (Wildman–Crippen MR) is 78.5 cm³/mol. The van der Waals surface area contributed by atoms with Crippen molar-refractivity contribution in [1.82, 2.24) is 14.5 Å². The second kappa shape index (κ2) is 5.13. The third-order valence-corrected chi connectivity index (χ3v) is 4.24. The highest BCUT2D eigenvalue weighted by atomic mass is 16.5. The van der Waals surface area contributed by atoms with Crippen LogP contribution in [0.1, 0.15) is 51.4 Å². The standard InChI is InChI=1S/C15H26N4O/c1-11-8-18(9-15(2,3)20-11)13(6-16)14-7-17-10-19(14)12-4-5-12/h7,10-13H,4-6,8-9,16H2,1-3H3. The average Bonchev–Trinajstić information content (AvgIpc) is 3.08. The molecule has 20 heavy (non-hydrogen) atoms. The molecule has 1 saturated carbocycles. The Labute approximate surface area is 121 Å². The fourth-order valence-corrected chi connectivity index (χ4v) is 3.43. The molecule has 1 aromatic heterocycles. The van der Waals surface area contributed by atoms with Crippen LogP contribution in [-0.4, -0.2) is 45.8 Å². The summed E-state index contributed by atoms with van der Waals surface area (Å²) in [5, 5.41) is 0. The van der Waals surface area contributed by atoms with Gasteiger partial charge in [-0.15, -0.1) is 0 Å². The molecule has 1 aliphatic heterocycles. The summed E-state index contributed by atoms with van der Waals surface area (Å²) < 4.78 is 8.33. The summed E-state index contributed by atoms with van der Waals surface area (Å²) in [5.41, 5.74) is 7.24. The molecule has 3 rings (SSSR count). The lowest BCUT2D eigenvalue weighted by Gasteiger charge is -2.45. The van der Waals surface area contributed by atoms with Crippen LogP contribution in [-0.2, 0) is 4.74 Å². The summed E-state index contributed by atoms with van der Waals surface area (Å²) in [6, 6.07) is 0.886. The monoisotopic (exact) mass is 278 g/mol. The zero-order valence-electron chi connectivity index (χ0n) is 12.7. The van der Waals surface area contributed by atoms with E-state index in [-0.39, 0.29) is 17.7 Å². The van der Waals surface area contributed by atoms with E-state index in [1.165, 1.54) is 18.5 Å². The summed E-state index contributed by atoms with van der Waals surface area (Å²) in [7, 11) is 0. The zero-order chi connectivity index (χ0) is 14.3. The highest BCUT2D eigenvalue weighted by molar-refractivity contribution is 5.11. The van der Waals surface area contributed by atoms with Gasteiger partial charge >= 0.3 is 0 Å². The first-order chi connectivity index (χ1) is 9.50. The molecule has 2 atom stereocenters. The third kappa shape index (κ3) is 2.75. The molecular weight excluding hydrogens is 252 g/mol. The van der Waals surface area contributed by atoms with Crippen LogP contribution in [0.5, 0.6) is 0 Å². The van der Waals surface area contributed by atoms with Gasteiger partial charge in [-0.2, -0.15) is 0 Å². The number of aromatic nitrogens is 2. The molecule has 2 N–H and O–H groups in total. The third-order valence-electron chi connectivity index (χ3n) is 4.24. The maximum atomic E-state index is 6.09. The zero-order valence-corrected chi connectivity index (χ0v) is 12.7. The molecule has 2 heterocycles. The van der Waals surface area contributed by atoms with E-state index in [2.05, 4.69) is 35.2 Å². The highest BCUT2D eigenvalue weighted by Crippen LogP contribution is 2.38. The molecule has 0 spiro atoms. The molecule has 2 unspecified atom stereocenters. The van der Waals surface area contributed by atoms with Gasteiger partial charge in [0.25, 0.3) is 0 Å². The van der Waals surface area contributed by atoms with Crippen molar-refractivity contribution in [2.45, 2.75) is 57.4 Å². The Morgan fingerprint density at radius 3 is 2.85 bits per heavy atom. The number of hydrogen-bond acceptors (Lipinski definition) is 4. The van der Waals surface area contributed by atoms with Gasteiger partial charge in [0.15, 0.2) is 0 Å². The van der Waals surface area contributed by atoms with Crippen molar-refractivity contribution < 1.29 is 4.74 Å². The molecule has 1 saturated heterocycles. The maximum Gasteiger partial charge on any atom is 0.0951 e. The minimum absolute atomic E-state index is 0.116. The summed E-state index contributed by atoms with van der Waals surface area (Å²) >= 11 is 0. The van der Waals surface area contributed by atoms with E-state index in [0.29, 0.717) is 12.6 Å². The second-order valence-corrected chi connectivity index (χ2v) is 6.83. The molecule has 2 fully saturated rings. The predicted octanol–water partition coefficient (Wildman–Crippen LogP) is 1.72. The Kier molecular flexibility index (Phi) is 3.60. The fraction of sp³-hybridized carbons (Fsp3) is 0.800. The minimum Gasteiger partial charge on any atom is -0.370 e. The maximum absolute atomic E-state index is 6.09. The van der Waals surface area contributed by atoms with E-state index in [0.717, 1.165) is 13.1 Å². The van der Waals surface area contributed by atoms with Crippen LogP contribution >= 0.6 is 0 Å². The van der Waals surface area contributed by atoms with Gasteiger partial charge in [0.05, 0.1) is 29.8 Å². The first-order valence-electron chi connectivity index (χ1n) is 7.64. The van der Waals surface area contributed by atoms with Crippen molar-refractivity contribution in [1.29, 1.82) is 0 Å². The topological polar surface area (TPSA) is 56.3 Å². The summed E-state index contributed by atoms with van der Waals surface area (Å²) in [5.74, 6) is 0. The smallest absolute Gasteiger partial charge is 0.0951 e. The van der Waals surface area contributed by atoms with E-state index in [4.69, 9.17) is 10.5 Å². The number of morpholine rings is 1. The first-order valence-corrected chi connectivity index (χ1v) is 7.64. The van der Waals surface area contributed by atoms with E-state index in [1.54, 1.807) is 0 Å². The van der Waals surface area contributed by atoms with Crippen LogP contribution in [0, 0.1) is 0 Å². The normalized spacial score (nSPS) is 28.5. The molecule has 0 bridgehead atoms. The van der Waals surface area contributed by atoms with Crippen LogP contribution in [0.3, 0.4) is 0 Å². The minimum atomic E-state index is -0.116. The SMILES string of the molecule is CC1CN(C(CN)c2cncn2C2CC2)CC(C)(C)O1. The van der Waals surface area contributed by atoms with Crippen molar-refractivity contribution in [3.8, 4) is 0 Å². The van der Waals surface area contributed by atoms with Crippen LogP contribution in [0.2, 0.25) is 0 Å². The molecule has 1 aromatic rings. The van der Waals surface area contributed by atoms with Gasteiger partial charge in [0.2, 0.25) is 0 Å².